The van der Waals surface area contributed by atoms with Gasteiger partial charge in [-0.3, -0.25) is 33.6 Å². The maximum absolute atomic E-state index is 12.8. The molecule has 0 radical (unpaired) electrons. The number of nitrogens with one attached hydrogen (secondary N) is 4. The van der Waals surface area contributed by atoms with Crippen LogP contribution in [0.3, 0.4) is 0 Å². The molecule has 0 heterocycles. The summed E-state index contributed by atoms with van der Waals surface area (Å²) in [5.74, 6) is -5.75. The monoisotopic (exact) mass is 953 g/mol. The normalized spacial score (nSPS) is 12.4. The molecule has 0 aliphatic heterocycles. The molecule has 0 aliphatic rings. The summed E-state index contributed by atoms with van der Waals surface area (Å²) < 4.78 is 0. The van der Waals surface area contributed by atoms with Crippen LogP contribution in [0.4, 0.5) is 0 Å². The van der Waals surface area contributed by atoms with Crippen LogP contribution in [0.15, 0.2) is 0 Å². The van der Waals surface area contributed by atoms with Gasteiger partial charge >= 0.3 is 23.9 Å². The van der Waals surface area contributed by atoms with E-state index >= 15 is 0 Å². The first kappa shape index (κ1) is 62.4. The maximum atomic E-state index is 12.8. The van der Waals surface area contributed by atoms with E-state index in [2.05, 4.69) is 21.3 Å². The number of aliphatic carboxylic acids is 4. The predicted octanol–water partition coefficient (Wildman–Crippen LogP) is 8.53. The molecule has 0 aromatic rings. The number of Topliss-reactive ketones (excluding diaryl/α,β-unsaturated/α-hetero) is 1. The summed E-state index contributed by atoms with van der Waals surface area (Å²) >= 11 is 0. The van der Waals surface area contributed by atoms with Crippen molar-refractivity contribution in [2.75, 3.05) is 6.54 Å². The molecule has 0 saturated carbocycles. The van der Waals surface area contributed by atoms with Crippen molar-refractivity contribution in [1.29, 1.82) is 0 Å². The highest BCUT2D eigenvalue weighted by molar-refractivity contribution is 5.89. The third-order valence-electron chi connectivity index (χ3n) is 12.0. The van der Waals surface area contributed by atoms with Gasteiger partial charge in [0.25, 0.3) is 0 Å². The second-order valence-corrected chi connectivity index (χ2v) is 18.1. The van der Waals surface area contributed by atoms with Gasteiger partial charge in [-0.25, -0.2) is 9.59 Å². The lowest BCUT2D eigenvalue weighted by Crippen LogP contribution is -2.43. The van der Waals surface area contributed by atoms with Crippen LogP contribution in [0.1, 0.15) is 238 Å². The lowest BCUT2D eigenvalue weighted by atomic mass is 10.0. The number of hydrogen-bond donors (Lipinski definition) is 8. The van der Waals surface area contributed by atoms with E-state index in [0.717, 1.165) is 141 Å². The zero-order chi connectivity index (χ0) is 49.9. The first-order valence-electron chi connectivity index (χ1n) is 25.7. The molecule has 0 spiro atoms. The van der Waals surface area contributed by atoms with Crippen molar-refractivity contribution in [3.05, 3.63) is 0 Å². The first-order valence-corrected chi connectivity index (χ1v) is 25.7. The second kappa shape index (κ2) is 42.8. The van der Waals surface area contributed by atoms with E-state index in [1.54, 1.807) is 6.92 Å². The third-order valence-corrected chi connectivity index (χ3v) is 12.0. The van der Waals surface area contributed by atoms with Crippen molar-refractivity contribution in [3.63, 3.8) is 0 Å². The van der Waals surface area contributed by atoms with Gasteiger partial charge in [-0.15, -0.1) is 0 Å². The summed E-state index contributed by atoms with van der Waals surface area (Å²) in [6.07, 6.45) is 26.0. The number of carbonyl (C=O) groups excluding carboxylic acids is 5. The van der Waals surface area contributed by atoms with Gasteiger partial charge in [0.1, 0.15) is 12.1 Å². The zero-order valence-electron chi connectivity index (χ0n) is 40.9. The fourth-order valence-electron chi connectivity index (χ4n) is 7.87. The van der Waals surface area contributed by atoms with E-state index in [-0.39, 0.29) is 87.8 Å². The average molecular weight is 953 g/mol. The van der Waals surface area contributed by atoms with Crippen molar-refractivity contribution < 1.29 is 63.6 Å². The van der Waals surface area contributed by atoms with Crippen molar-refractivity contribution >= 4 is 53.3 Å². The van der Waals surface area contributed by atoms with Crippen LogP contribution in [0.2, 0.25) is 0 Å². The van der Waals surface area contributed by atoms with E-state index < -0.39 is 47.9 Å². The van der Waals surface area contributed by atoms with Crippen molar-refractivity contribution in [2.45, 2.75) is 256 Å². The summed E-state index contributed by atoms with van der Waals surface area (Å²) in [5.41, 5.74) is 0. The van der Waals surface area contributed by atoms with Gasteiger partial charge in [-0.1, -0.05) is 135 Å². The Labute approximate surface area is 399 Å². The van der Waals surface area contributed by atoms with Crippen molar-refractivity contribution in [1.82, 2.24) is 21.3 Å². The molecule has 0 rings (SSSR count). The molecule has 3 atom stereocenters. The Morgan fingerprint density at radius 1 is 0.328 bits per heavy atom. The molecule has 4 amide bonds. The number of carbonyl (C=O) groups is 9. The second-order valence-electron chi connectivity index (χ2n) is 18.1. The number of ketones is 1. The first-order chi connectivity index (χ1) is 32.2. The summed E-state index contributed by atoms with van der Waals surface area (Å²) in [5, 5.41) is 47.1. The van der Waals surface area contributed by atoms with E-state index in [0.29, 0.717) is 32.1 Å². The number of carboxylic acids is 4. The Morgan fingerprint density at radius 3 is 0.955 bits per heavy atom. The Hall–Kier alpha value is -4.57. The summed E-state index contributed by atoms with van der Waals surface area (Å²) in [4.78, 5) is 107. The predicted molar refractivity (Wildman–Crippen MR) is 256 cm³/mol. The lowest BCUT2D eigenvalue weighted by molar-refractivity contribution is -0.142. The highest BCUT2D eigenvalue weighted by Crippen LogP contribution is 2.15. The van der Waals surface area contributed by atoms with Gasteiger partial charge in [0.2, 0.25) is 23.6 Å². The summed E-state index contributed by atoms with van der Waals surface area (Å²) in [6, 6.07) is -3.21. The molecule has 0 unspecified atom stereocenters. The number of rotatable bonds is 48. The third kappa shape index (κ3) is 40.2. The molecule has 8 N–H and O–H groups in total. The minimum Gasteiger partial charge on any atom is -0.481 e. The van der Waals surface area contributed by atoms with E-state index in [1.807, 2.05) is 0 Å². The van der Waals surface area contributed by atoms with Gasteiger partial charge in [0.05, 0.1) is 6.04 Å². The molecule has 0 aliphatic carbocycles. The van der Waals surface area contributed by atoms with Crippen LogP contribution in [0.25, 0.3) is 0 Å². The minimum atomic E-state index is -1.25. The van der Waals surface area contributed by atoms with Gasteiger partial charge in [-0.05, 0) is 57.8 Å². The highest BCUT2D eigenvalue weighted by Gasteiger charge is 2.24. The Kier molecular flexibility index (Phi) is 39.8. The molecule has 0 fully saturated rings. The molecule has 67 heavy (non-hydrogen) atoms. The van der Waals surface area contributed by atoms with E-state index in [4.69, 9.17) is 10.2 Å². The molecular formula is C50H88N4O13. The topological polar surface area (TPSA) is 283 Å². The lowest BCUT2D eigenvalue weighted by Gasteiger charge is -2.19. The average Bonchev–Trinajstić information content (AvgIpc) is 3.28. The molecule has 0 aromatic carbocycles. The van der Waals surface area contributed by atoms with E-state index in [9.17, 15) is 53.4 Å². The molecule has 0 bridgehead atoms. The van der Waals surface area contributed by atoms with Crippen LogP contribution in [0, 0.1) is 0 Å². The molecule has 17 nitrogen and oxygen atoms in total. The smallest absolute Gasteiger partial charge is 0.326 e. The van der Waals surface area contributed by atoms with E-state index in [1.165, 1.54) is 0 Å². The van der Waals surface area contributed by atoms with Crippen LogP contribution in [-0.2, 0) is 43.2 Å². The number of hydrogen-bond acceptors (Lipinski definition) is 9. The largest absolute Gasteiger partial charge is 0.481 e. The van der Waals surface area contributed by atoms with Crippen LogP contribution in [-0.4, -0.2) is 98.4 Å². The maximum Gasteiger partial charge on any atom is 0.326 e. The number of unbranched alkanes of at least 4 members (excludes halogenated alkanes) is 23. The van der Waals surface area contributed by atoms with Gasteiger partial charge in [0.15, 0.2) is 5.78 Å². The summed E-state index contributed by atoms with van der Waals surface area (Å²) in [7, 11) is 0. The SMILES string of the molecule is CCC(=O)[C@H](CCCCNC(=O)CC[C@H](NC(=O)CCCCCCCCCCCCCCC(=O)O)C(=O)O)NC(=O)CC[C@H](NC(=O)CCCCCCCCCCCCCCC(=O)O)C(=O)O. The standard InChI is InChI=1S/C50H88N4O13/c1-2-42(55)39(52-46(59)37-35-41(50(66)67)54-45(58)31-24-20-16-12-8-4-6-10-14-18-22-26-33-48(62)63)29-27-28-38-51-43(56)36-34-40(49(64)65)53-44(57)30-23-19-15-11-7-3-5-9-13-17-21-25-32-47(60)61/h39-41H,2-38H2,1H3,(H,51,56)(H,52,59)(H,53,57)(H,54,58)(H,60,61)(H,62,63)(H,64,65)(H,66,67)/t39-,40-,41-/m0/s1. The molecule has 17 heteroatoms. The highest BCUT2D eigenvalue weighted by atomic mass is 16.4. The fourth-order valence-corrected chi connectivity index (χ4v) is 7.87. The quantitative estimate of drug-likeness (QED) is 0.0266. The Bertz CT molecular complexity index is 1430. The molecule has 0 aromatic heterocycles. The number of amides is 4. The van der Waals surface area contributed by atoms with Gasteiger partial charge < -0.3 is 41.7 Å². The Morgan fingerprint density at radius 2 is 0.627 bits per heavy atom. The number of carboxylic acid groups (broad SMARTS) is 4. The van der Waals surface area contributed by atoms with Crippen LogP contribution < -0.4 is 21.3 Å². The van der Waals surface area contributed by atoms with Crippen LogP contribution >= 0.6 is 0 Å². The Balaban J connectivity index is 4.25. The van der Waals surface area contributed by atoms with Gasteiger partial charge in [-0.2, -0.15) is 0 Å². The molecular weight excluding hydrogens is 865 g/mol. The molecule has 386 valence electrons. The van der Waals surface area contributed by atoms with Crippen molar-refractivity contribution in [2.24, 2.45) is 0 Å². The zero-order valence-corrected chi connectivity index (χ0v) is 40.9. The summed E-state index contributed by atoms with van der Waals surface area (Å²) in [6.45, 7) is 1.94. The van der Waals surface area contributed by atoms with Crippen molar-refractivity contribution in [3.8, 4) is 0 Å². The van der Waals surface area contributed by atoms with Crippen LogP contribution in [0.5, 0.6) is 0 Å². The minimum absolute atomic E-state index is 0.0647. The fraction of sp³-hybridized carbons (Fsp3) is 0.820. The molecule has 0 saturated heterocycles. The van der Waals surface area contributed by atoms with Gasteiger partial charge in [0, 0.05) is 51.5 Å².